The number of aryl methyl sites for hydroxylation is 1. The molecule has 5 rings (SSSR count). The molecule has 4 heterocycles. The molecule has 39 heavy (non-hydrogen) atoms. The average Bonchev–Trinajstić information content (AvgIpc) is 3.46. The summed E-state index contributed by atoms with van der Waals surface area (Å²) in [7, 11) is -3.83. The van der Waals surface area contributed by atoms with E-state index in [0.29, 0.717) is 85.9 Å². The number of sulfonamides is 1. The Morgan fingerprint density at radius 2 is 1.97 bits per heavy atom. The first kappa shape index (κ1) is 27.6. The maximum atomic E-state index is 13.7. The Hall–Kier alpha value is -2.97. The second-order valence-corrected chi connectivity index (χ2v) is 11.7. The fourth-order valence-electron chi connectivity index (χ4n) is 5.12. The fourth-order valence-corrected chi connectivity index (χ4v) is 6.96. The van der Waals surface area contributed by atoms with Gasteiger partial charge in [0.05, 0.1) is 34.3 Å². The summed E-state index contributed by atoms with van der Waals surface area (Å²) in [6, 6.07) is 4.74. The Bertz CT molecular complexity index is 1660. The molecule has 14 heteroatoms. The van der Waals surface area contributed by atoms with Crippen molar-refractivity contribution in [1.82, 2.24) is 33.4 Å². The monoisotopic (exact) mass is 577 g/mol. The van der Waals surface area contributed by atoms with Crippen LogP contribution in [-0.2, 0) is 16.6 Å². The van der Waals surface area contributed by atoms with Crippen LogP contribution in [0.4, 0.5) is 0 Å². The van der Waals surface area contributed by atoms with Gasteiger partial charge in [0.1, 0.15) is 17.6 Å². The van der Waals surface area contributed by atoms with E-state index in [1.54, 1.807) is 22.8 Å². The number of halogens is 1. The number of rotatable bonds is 9. The fraction of sp³-hybridized carbons (Fsp3) is 0.480. The SMILES string of the molecule is CCCn1c(=O)n2cnnc2c2[nH]c(-c3cc(S(=O)(=O)N4CCCN(CCO)CC4)ccc3OCC)c(Cl)c21. The van der Waals surface area contributed by atoms with Gasteiger partial charge in [-0.3, -0.25) is 9.47 Å². The molecule has 0 aliphatic carbocycles. The molecule has 1 aliphatic heterocycles. The summed E-state index contributed by atoms with van der Waals surface area (Å²) in [4.78, 5) is 18.6. The first-order valence-corrected chi connectivity index (χ1v) is 14.9. The van der Waals surface area contributed by atoms with Crippen molar-refractivity contribution in [2.24, 2.45) is 0 Å². The number of nitrogens with one attached hydrogen (secondary N) is 1. The number of ether oxygens (including phenoxy) is 1. The molecule has 2 N–H and O–H groups in total. The molecule has 0 bridgehead atoms. The summed E-state index contributed by atoms with van der Waals surface area (Å²) in [6.45, 7) is 7.12. The van der Waals surface area contributed by atoms with Gasteiger partial charge in [0.15, 0.2) is 5.65 Å². The highest BCUT2D eigenvalue weighted by Gasteiger charge is 2.29. The van der Waals surface area contributed by atoms with E-state index in [1.165, 1.54) is 15.0 Å². The van der Waals surface area contributed by atoms with Crippen LogP contribution in [0.1, 0.15) is 26.7 Å². The molecule has 0 amide bonds. The Morgan fingerprint density at radius 3 is 2.72 bits per heavy atom. The Balaban J connectivity index is 1.65. The molecule has 3 aromatic heterocycles. The van der Waals surface area contributed by atoms with E-state index in [1.807, 2.05) is 13.8 Å². The summed E-state index contributed by atoms with van der Waals surface area (Å²) < 4.78 is 37.8. The second-order valence-electron chi connectivity index (χ2n) is 9.41. The van der Waals surface area contributed by atoms with E-state index in [0.717, 1.165) is 6.54 Å². The number of aliphatic hydroxyl groups excluding tert-OH is 1. The zero-order valence-corrected chi connectivity index (χ0v) is 23.5. The van der Waals surface area contributed by atoms with Crippen molar-refractivity contribution in [3.05, 3.63) is 40.0 Å². The van der Waals surface area contributed by atoms with Crippen molar-refractivity contribution in [2.45, 2.75) is 38.1 Å². The molecule has 0 spiro atoms. The van der Waals surface area contributed by atoms with Gasteiger partial charge in [-0.05, 0) is 44.5 Å². The third-order valence-electron chi connectivity index (χ3n) is 6.96. The van der Waals surface area contributed by atoms with E-state index >= 15 is 0 Å². The van der Waals surface area contributed by atoms with Gasteiger partial charge in [0.2, 0.25) is 10.0 Å². The predicted molar refractivity (Wildman–Crippen MR) is 148 cm³/mol. The third kappa shape index (κ3) is 4.93. The largest absolute Gasteiger partial charge is 0.493 e. The van der Waals surface area contributed by atoms with Gasteiger partial charge in [-0.1, -0.05) is 18.5 Å². The molecule has 0 atom stereocenters. The van der Waals surface area contributed by atoms with Crippen LogP contribution in [0.3, 0.4) is 0 Å². The number of benzene rings is 1. The highest BCUT2D eigenvalue weighted by atomic mass is 35.5. The lowest BCUT2D eigenvalue weighted by atomic mass is 10.1. The molecule has 1 fully saturated rings. The number of aromatic nitrogens is 5. The van der Waals surface area contributed by atoms with Gasteiger partial charge in [0.25, 0.3) is 0 Å². The number of H-pyrrole nitrogens is 1. The maximum absolute atomic E-state index is 13.7. The minimum atomic E-state index is -3.83. The van der Waals surface area contributed by atoms with Crippen molar-refractivity contribution in [2.75, 3.05) is 45.9 Å². The Kier molecular flexibility index (Phi) is 7.96. The lowest BCUT2D eigenvalue weighted by molar-refractivity contribution is 0.202. The van der Waals surface area contributed by atoms with Gasteiger partial charge in [-0.25, -0.2) is 17.6 Å². The standard InChI is InChI=1S/C25H32ClN7O5S/c1-3-8-32-23-20(26)21(28-22(23)24-29-27-16-33(24)25(32)35)18-15-17(6-7-19(18)38-4-2)39(36,37)31-10-5-9-30(11-12-31)13-14-34/h6-7,15-16,28,34H,3-5,8-14H2,1-2H3. The molecule has 1 saturated heterocycles. The van der Waals surface area contributed by atoms with Crippen LogP contribution < -0.4 is 10.4 Å². The van der Waals surface area contributed by atoms with Crippen LogP contribution >= 0.6 is 11.6 Å². The normalized spacial score (nSPS) is 15.8. The van der Waals surface area contributed by atoms with E-state index in [-0.39, 0.29) is 22.2 Å². The van der Waals surface area contributed by atoms with Gasteiger partial charge >= 0.3 is 5.69 Å². The molecule has 0 radical (unpaired) electrons. The van der Waals surface area contributed by atoms with Crippen LogP contribution in [0.2, 0.25) is 5.02 Å². The van der Waals surface area contributed by atoms with Crippen molar-refractivity contribution in [3.8, 4) is 17.0 Å². The molecule has 1 aliphatic rings. The number of fused-ring (bicyclic) bond motifs is 3. The van der Waals surface area contributed by atoms with Crippen LogP contribution in [0.5, 0.6) is 5.75 Å². The number of aromatic amines is 1. The van der Waals surface area contributed by atoms with E-state index in [9.17, 15) is 18.3 Å². The second kappa shape index (κ2) is 11.3. The minimum absolute atomic E-state index is 0.0352. The van der Waals surface area contributed by atoms with E-state index < -0.39 is 10.0 Å². The highest BCUT2D eigenvalue weighted by Crippen LogP contribution is 2.40. The van der Waals surface area contributed by atoms with Gasteiger partial charge in [-0.2, -0.15) is 4.31 Å². The first-order valence-electron chi connectivity index (χ1n) is 13.1. The molecule has 0 unspecified atom stereocenters. The summed E-state index contributed by atoms with van der Waals surface area (Å²) in [5.74, 6) is 0.455. The topological polar surface area (TPSA) is 138 Å². The number of hydrogen-bond donors (Lipinski definition) is 2. The van der Waals surface area contributed by atoms with Gasteiger partial charge < -0.3 is 14.8 Å². The Labute approximate surface area is 230 Å². The number of hydrogen-bond acceptors (Lipinski definition) is 8. The maximum Gasteiger partial charge on any atom is 0.335 e. The van der Waals surface area contributed by atoms with Crippen LogP contribution in [0.15, 0.2) is 34.2 Å². The summed E-state index contributed by atoms with van der Waals surface area (Å²) in [6.07, 6.45) is 2.72. The zero-order valence-electron chi connectivity index (χ0n) is 21.9. The van der Waals surface area contributed by atoms with E-state index in [4.69, 9.17) is 16.3 Å². The van der Waals surface area contributed by atoms with Crippen molar-refractivity contribution < 1.29 is 18.3 Å². The first-order chi connectivity index (χ1) is 18.8. The number of nitrogens with zero attached hydrogens (tertiary/aromatic N) is 6. The van der Waals surface area contributed by atoms with Crippen LogP contribution in [0.25, 0.3) is 27.9 Å². The van der Waals surface area contributed by atoms with Gasteiger partial charge in [-0.15, -0.1) is 10.2 Å². The number of β-amino-alcohol motifs (C(OH)–C–C–N with tert-alkyl or cyclic N) is 1. The zero-order chi connectivity index (χ0) is 27.7. The number of aliphatic hydroxyl groups is 1. The van der Waals surface area contributed by atoms with Crippen LogP contribution in [0, 0.1) is 0 Å². The summed E-state index contributed by atoms with van der Waals surface area (Å²) in [5.41, 5.74) is 1.91. The lowest BCUT2D eigenvalue weighted by Crippen LogP contribution is -2.35. The molecule has 12 nitrogen and oxygen atoms in total. The smallest absolute Gasteiger partial charge is 0.335 e. The van der Waals surface area contributed by atoms with Gasteiger partial charge in [0, 0.05) is 38.3 Å². The summed E-state index contributed by atoms with van der Waals surface area (Å²) >= 11 is 6.94. The quantitative estimate of drug-likeness (QED) is 0.309. The van der Waals surface area contributed by atoms with Crippen molar-refractivity contribution >= 4 is 38.3 Å². The molecule has 1 aromatic carbocycles. The molecule has 4 aromatic rings. The summed E-state index contributed by atoms with van der Waals surface area (Å²) in [5, 5.41) is 17.6. The van der Waals surface area contributed by atoms with Crippen molar-refractivity contribution in [1.29, 1.82) is 0 Å². The molecular weight excluding hydrogens is 546 g/mol. The molecule has 210 valence electrons. The minimum Gasteiger partial charge on any atom is -0.493 e. The van der Waals surface area contributed by atoms with Crippen molar-refractivity contribution in [3.63, 3.8) is 0 Å². The lowest BCUT2D eigenvalue weighted by Gasteiger charge is -2.22. The average molecular weight is 578 g/mol. The molecular formula is C25H32ClN7O5S. The third-order valence-corrected chi connectivity index (χ3v) is 9.22. The Morgan fingerprint density at radius 1 is 1.15 bits per heavy atom. The van der Waals surface area contributed by atoms with E-state index in [2.05, 4.69) is 20.1 Å². The predicted octanol–water partition coefficient (Wildman–Crippen LogP) is 2.19. The highest BCUT2D eigenvalue weighted by molar-refractivity contribution is 7.89. The van der Waals surface area contributed by atoms with Crippen LogP contribution in [-0.4, -0.2) is 92.8 Å². The molecule has 0 saturated carbocycles.